The molecule has 0 bridgehead atoms. The van der Waals surface area contributed by atoms with Gasteiger partial charge < -0.3 is 10.0 Å². The zero-order chi connectivity index (χ0) is 23.5. The van der Waals surface area contributed by atoms with Crippen molar-refractivity contribution >= 4 is 40.0 Å². The minimum atomic E-state index is -0.328. The first kappa shape index (κ1) is 23.2. The van der Waals surface area contributed by atoms with Crippen LogP contribution in [0.25, 0.3) is 22.3 Å². The van der Waals surface area contributed by atoms with Gasteiger partial charge in [0.15, 0.2) is 5.82 Å². The first-order valence-electron chi connectivity index (χ1n) is 10.6. The fourth-order valence-electron chi connectivity index (χ4n) is 3.71. The first-order valence-corrected chi connectivity index (χ1v) is 11.3. The SMILES string of the molecule is CCn1ncc(CN(CCO)C(=O)c2nc(-c3cccc(Cl)c3)nc3ccc(Cl)cc23)c1C. The number of aromatic nitrogens is 4. The summed E-state index contributed by atoms with van der Waals surface area (Å²) in [4.78, 5) is 24.5. The number of benzene rings is 2. The third-order valence-corrected chi connectivity index (χ3v) is 5.94. The van der Waals surface area contributed by atoms with Gasteiger partial charge in [-0.3, -0.25) is 9.48 Å². The lowest BCUT2D eigenvalue weighted by atomic mass is 10.1. The fraction of sp³-hybridized carbons (Fsp3) is 0.250. The Bertz CT molecular complexity index is 1320. The molecule has 2 heterocycles. The summed E-state index contributed by atoms with van der Waals surface area (Å²) in [6.45, 7) is 4.96. The van der Waals surface area contributed by atoms with E-state index in [9.17, 15) is 9.90 Å². The number of carbonyl (C=O) groups excluding carboxylic acids is 1. The smallest absolute Gasteiger partial charge is 0.273 e. The Hall–Kier alpha value is -3.00. The number of aliphatic hydroxyl groups is 1. The summed E-state index contributed by atoms with van der Waals surface area (Å²) >= 11 is 12.4. The zero-order valence-electron chi connectivity index (χ0n) is 18.3. The van der Waals surface area contributed by atoms with Crippen molar-refractivity contribution in [2.45, 2.75) is 26.9 Å². The van der Waals surface area contributed by atoms with E-state index < -0.39 is 0 Å². The van der Waals surface area contributed by atoms with Gasteiger partial charge in [-0.2, -0.15) is 5.10 Å². The highest BCUT2D eigenvalue weighted by atomic mass is 35.5. The molecular weight excluding hydrogens is 461 g/mol. The van der Waals surface area contributed by atoms with Crippen LogP contribution in [0.1, 0.15) is 28.7 Å². The molecule has 1 amide bonds. The van der Waals surface area contributed by atoms with Gasteiger partial charge in [-0.05, 0) is 44.2 Å². The maximum Gasteiger partial charge on any atom is 0.273 e. The van der Waals surface area contributed by atoms with E-state index in [1.165, 1.54) is 0 Å². The van der Waals surface area contributed by atoms with Gasteiger partial charge in [0.1, 0.15) is 5.69 Å². The van der Waals surface area contributed by atoms with Crippen LogP contribution in [0.3, 0.4) is 0 Å². The number of rotatable bonds is 7. The molecule has 7 nitrogen and oxygen atoms in total. The highest BCUT2D eigenvalue weighted by Gasteiger charge is 2.23. The molecule has 4 aromatic rings. The summed E-state index contributed by atoms with van der Waals surface area (Å²) in [7, 11) is 0. The Labute approximate surface area is 201 Å². The molecule has 0 fully saturated rings. The molecule has 0 aliphatic heterocycles. The average Bonchev–Trinajstić information content (AvgIpc) is 3.16. The third kappa shape index (κ3) is 4.85. The summed E-state index contributed by atoms with van der Waals surface area (Å²) in [6.07, 6.45) is 1.75. The van der Waals surface area contributed by atoms with Gasteiger partial charge >= 0.3 is 0 Å². The molecule has 0 aliphatic rings. The quantitative estimate of drug-likeness (QED) is 0.409. The van der Waals surface area contributed by atoms with Crippen molar-refractivity contribution < 1.29 is 9.90 Å². The second-order valence-corrected chi connectivity index (χ2v) is 8.46. The number of halogens is 2. The minimum Gasteiger partial charge on any atom is -0.395 e. The van der Waals surface area contributed by atoms with Crippen molar-refractivity contribution in [2.75, 3.05) is 13.2 Å². The molecule has 2 aromatic carbocycles. The van der Waals surface area contributed by atoms with E-state index in [0.29, 0.717) is 38.9 Å². The summed E-state index contributed by atoms with van der Waals surface area (Å²) in [5.74, 6) is 0.0558. The number of aliphatic hydroxyl groups excluding tert-OH is 1. The van der Waals surface area contributed by atoms with E-state index >= 15 is 0 Å². The maximum absolute atomic E-state index is 13.7. The number of fused-ring (bicyclic) bond motifs is 1. The molecule has 33 heavy (non-hydrogen) atoms. The second-order valence-electron chi connectivity index (χ2n) is 7.59. The molecule has 0 radical (unpaired) electrons. The fourth-order valence-corrected chi connectivity index (χ4v) is 4.07. The highest BCUT2D eigenvalue weighted by molar-refractivity contribution is 6.31. The molecule has 1 N–H and O–H groups in total. The summed E-state index contributed by atoms with van der Waals surface area (Å²) in [5.41, 5.74) is 3.38. The Morgan fingerprint density at radius 3 is 2.61 bits per heavy atom. The third-order valence-electron chi connectivity index (χ3n) is 5.47. The lowest BCUT2D eigenvalue weighted by molar-refractivity contribution is 0.0704. The van der Waals surface area contributed by atoms with Gasteiger partial charge in [-0.15, -0.1) is 0 Å². The van der Waals surface area contributed by atoms with Crippen LogP contribution in [-0.4, -0.2) is 48.8 Å². The Morgan fingerprint density at radius 2 is 1.91 bits per heavy atom. The summed E-state index contributed by atoms with van der Waals surface area (Å²) in [5, 5.41) is 15.6. The average molecular weight is 484 g/mol. The lowest BCUT2D eigenvalue weighted by Crippen LogP contribution is -2.34. The van der Waals surface area contributed by atoms with Crippen molar-refractivity contribution in [3.63, 3.8) is 0 Å². The van der Waals surface area contributed by atoms with Gasteiger partial charge in [0.25, 0.3) is 5.91 Å². The maximum atomic E-state index is 13.7. The van der Waals surface area contributed by atoms with Gasteiger partial charge in [-0.25, -0.2) is 9.97 Å². The Kier molecular flexibility index (Phi) is 6.93. The largest absolute Gasteiger partial charge is 0.395 e. The van der Waals surface area contributed by atoms with Crippen LogP contribution < -0.4 is 0 Å². The number of aryl methyl sites for hydroxylation is 1. The van der Waals surface area contributed by atoms with Crippen LogP contribution in [0.15, 0.2) is 48.7 Å². The molecule has 4 rings (SSSR count). The Morgan fingerprint density at radius 1 is 1.12 bits per heavy atom. The second kappa shape index (κ2) is 9.87. The van der Waals surface area contributed by atoms with E-state index in [2.05, 4.69) is 15.1 Å². The van der Waals surface area contributed by atoms with E-state index in [1.807, 2.05) is 24.6 Å². The number of hydrogen-bond donors (Lipinski definition) is 1. The van der Waals surface area contributed by atoms with Crippen LogP contribution in [0.2, 0.25) is 10.0 Å². The van der Waals surface area contributed by atoms with Gasteiger partial charge in [0.2, 0.25) is 0 Å². The number of hydrogen-bond acceptors (Lipinski definition) is 5. The number of amides is 1. The Balaban J connectivity index is 1.81. The molecule has 0 aliphatic carbocycles. The van der Waals surface area contributed by atoms with E-state index in [1.54, 1.807) is 47.5 Å². The van der Waals surface area contributed by atoms with Crippen molar-refractivity contribution in [3.05, 3.63) is 75.7 Å². The van der Waals surface area contributed by atoms with E-state index in [0.717, 1.165) is 17.8 Å². The van der Waals surface area contributed by atoms with Crippen LogP contribution in [0.4, 0.5) is 0 Å². The van der Waals surface area contributed by atoms with E-state index in [-0.39, 0.29) is 24.8 Å². The zero-order valence-corrected chi connectivity index (χ0v) is 19.8. The van der Waals surface area contributed by atoms with Gasteiger partial charge in [-0.1, -0.05) is 35.3 Å². The van der Waals surface area contributed by atoms with E-state index in [4.69, 9.17) is 23.2 Å². The lowest BCUT2D eigenvalue weighted by Gasteiger charge is -2.22. The number of nitrogens with zero attached hydrogens (tertiary/aromatic N) is 5. The predicted molar refractivity (Wildman–Crippen MR) is 129 cm³/mol. The molecule has 170 valence electrons. The minimum absolute atomic E-state index is 0.147. The molecule has 0 saturated carbocycles. The van der Waals surface area contributed by atoms with Gasteiger partial charge in [0.05, 0.1) is 18.3 Å². The van der Waals surface area contributed by atoms with Crippen molar-refractivity contribution in [1.29, 1.82) is 0 Å². The molecule has 9 heteroatoms. The monoisotopic (exact) mass is 483 g/mol. The molecule has 0 atom stereocenters. The molecule has 2 aromatic heterocycles. The normalized spacial score (nSPS) is 11.2. The van der Waals surface area contributed by atoms with Crippen molar-refractivity contribution in [3.8, 4) is 11.4 Å². The first-order chi connectivity index (χ1) is 15.9. The summed E-state index contributed by atoms with van der Waals surface area (Å²) in [6, 6.07) is 12.3. The van der Waals surface area contributed by atoms with Crippen molar-refractivity contribution in [2.24, 2.45) is 0 Å². The van der Waals surface area contributed by atoms with Crippen LogP contribution in [-0.2, 0) is 13.1 Å². The van der Waals surface area contributed by atoms with Crippen LogP contribution >= 0.6 is 23.2 Å². The molecule has 0 unspecified atom stereocenters. The standard InChI is InChI=1S/C24H23Cl2N5O2/c1-3-31-15(2)17(13-27-31)14-30(9-10-32)24(33)22-20-12-19(26)7-8-21(20)28-23(29-22)16-5-4-6-18(25)11-16/h4-8,11-13,32H,3,9-10,14H2,1-2H3. The number of carbonyl (C=O) groups is 1. The van der Waals surface area contributed by atoms with Crippen LogP contribution in [0.5, 0.6) is 0 Å². The predicted octanol–water partition coefficient (Wildman–Crippen LogP) is 4.76. The molecule has 0 spiro atoms. The molecule has 0 saturated heterocycles. The topological polar surface area (TPSA) is 84.1 Å². The van der Waals surface area contributed by atoms with Crippen LogP contribution in [0, 0.1) is 6.92 Å². The highest BCUT2D eigenvalue weighted by Crippen LogP contribution is 2.27. The van der Waals surface area contributed by atoms with Crippen molar-refractivity contribution in [1.82, 2.24) is 24.6 Å². The summed E-state index contributed by atoms with van der Waals surface area (Å²) < 4.78 is 1.87. The van der Waals surface area contributed by atoms with Gasteiger partial charge in [0, 0.05) is 51.9 Å². The molecular formula is C24H23Cl2N5O2.